The first-order valence-corrected chi connectivity index (χ1v) is 6.47. The van der Waals surface area contributed by atoms with Crippen LogP contribution in [0.1, 0.15) is 0 Å². The molecule has 6 nitrogen and oxygen atoms in total. The van der Waals surface area contributed by atoms with E-state index in [2.05, 4.69) is 12.5 Å². The summed E-state index contributed by atoms with van der Waals surface area (Å²) >= 11 is -5.80. The zero-order valence-corrected chi connectivity index (χ0v) is 9.62. The maximum absolute atomic E-state index is 11.0. The summed E-state index contributed by atoms with van der Waals surface area (Å²) < 4.78 is 45.2. The molecule has 0 N–H and O–H groups in total. The Morgan fingerprint density at radius 1 is 1.00 bits per heavy atom. The first-order valence-electron chi connectivity index (χ1n) is 2.84. The first kappa shape index (κ1) is 13.3. The SMILES string of the molecule is COS(=O)[C-](OS(C)=O)S(=O)OC. The van der Waals surface area contributed by atoms with Crippen molar-refractivity contribution in [2.24, 2.45) is 0 Å². The molecule has 0 saturated heterocycles. The molecular formula is C4H9O6S3-. The lowest BCUT2D eigenvalue weighted by molar-refractivity contribution is 0.382. The van der Waals surface area contributed by atoms with Crippen LogP contribution in [0.5, 0.6) is 0 Å². The van der Waals surface area contributed by atoms with Crippen molar-refractivity contribution in [3.05, 3.63) is 4.77 Å². The van der Waals surface area contributed by atoms with Crippen LogP contribution >= 0.6 is 0 Å². The van der Waals surface area contributed by atoms with E-state index in [1.807, 2.05) is 0 Å². The summed E-state index contributed by atoms with van der Waals surface area (Å²) in [5.41, 5.74) is 0. The van der Waals surface area contributed by atoms with E-state index in [1.54, 1.807) is 0 Å². The molecule has 0 amide bonds. The lowest BCUT2D eigenvalue weighted by atomic mass is 11.7. The fourth-order valence-electron chi connectivity index (χ4n) is 0.343. The van der Waals surface area contributed by atoms with Gasteiger partial charge in [-0.3, -0.25) is 8.42 Å². The highest BCUT2D eigenvalue weighted by atomic mass is 32.3. The molecule has 13 heavy (non-hydrogen) atoms. The second-order valence-corrected chi connectivity index (χ2v) is 5.11. The molecule has 0 radical (unpaired) electrons. The molecule has 0 aliphatic heterocycles. The van der Waals surface area contributed by atoms with E-state index in [0.29, 0.717) is 0 Å². The third-order valence-corrected chi connectivity index (χ3v) is 3.51. The summed E-state index contributed by atoms with van der Waals surface area (Å²) in [6.45, 7) is 0. The van der Waals surface area contributed by atoms with Gasteiger partial charge in [-0.05, 0) is 0 Å². The molecule has 80 valence electrons. The molecule has 0 aliphatic carbocycles. The molecule has 0 spiro atoms. The molecule has 3 unspecified atom stereocenters. The summed E-state index contributed by atoms with van der Waals surface area (Å²) in [5, 5.41) is 0. The minimum Gasteiger partial charge on any atom is -0.433 e. The van der Waals surface area contributed by atoms with Crippen LogP contribution in [-0.2, 0) is 45.8 Å². The smallest absolute Gasteiger partial charge is 0.122 e. The van der Waals surface area contributed by atoms with Crippen LogP contribution in [0, 0.1) is 4.77 Å². The number of rotatable bonds is 6. The molecule has 0 saturated carbocycles. The van der Waals surface area contributed by atoms with Crippen molar-refractivity contribution >= 4 is 33.2 Å². The summed E-state index contributed by atoms with van der Waals surface area (Å²) in [7, 11) is 2.26. The van der Waals surface area contributed by atoms with Gasteiger partial charge in [-0.25, -0.2) is 4.21 Å². The molecule has 0 fully saturated rings. The van der Waals surface area contributed by atoms with Crippen molar-refractivity contribution < 1.29 is 25.2 Å². The van der Waals surface area contributed by atoms with Crippen molar-refractivity contribution in [1.29, 1.82) is 0 Å². The van der Waals surface area contributed by atoms with E-state index in [-0.39, 0.29) is 0 Å². The molecule has 0 bridgehead atoms. The van der Waals surface area contributed by atoms with Gasteiger partial charge in [0.2, 0.25) is 0 Å². The van der Waals surface area contributed by atoms with Gasteiger partial charge < -0.3 is 12.5 Å². The molecular weight excluding hydrogens is 240 g/mol. The molecule has 0 aliphatic rings. The largest absolute Gasteiger partial charge is 0.433 e. The van der Waals surface area contributed by atoms with Crippen LogP contribution in [0.4, 0.5) is 0 Å². The van der Waals surface area contributed by atoms with Crippen LogP contribution in [0.15, 0.2) is 0 Å². The summed E-state index contributed by atoms with van der Waals surface area (Å²) in [6, 6.07) is 0. The Morgan fingerprint density at radius 2 is 1.38 bits per heavy atom. The van der Waals surface area contributed by atoms with Crippen molar-refractivity contribution in [3.63, 3.8) is 0 Å². The van der Waals surface area contributed by atoms with Gasteiger partial charge in [0.25, 0.3) is 0 Å². The van der Waals surface area contributed by atoms with Crippen molar-refractivity contribution in [2.45, 2.75) is 0 Å². The second-order valence-electron chi connectivity index (χ2n) is 1.54. The van der Waals surface area contributed by atoms with Gasteiger partial charge in [0.15, 0.2) is 0 Å². The van der Waals surface area contributed by atoms with Gasteiger partial charge in [-0.15, -0.1) is 0 Å². The molecule has 0 heterocycles. The van der Waals surface area contributed by atoms with Crippen LogP contribution in [0.3, 0.4) is 0 Å². The van der Waals surface area contributed by atoms with E-state index in [4.69, 9.17) is 0 Å². The normalized spacial score (nSPS) is 18.5. The molecule has 0 aromatic carbocycles. The fourth-order valence-corrected chi connectivity index (χ4v) is 2.68. The van der Waals surface area contributed by atoms with Crippen molar-refractivity contribution in [2.75, 3.05) is 20.5 Å². The zero-order chi connectivity index (χ0) is 10.4. The highest BCUT2D eigenvalue weighted by Crippen LogP contribution is 2.16. The first-order chi connectivity index (χ1) is 6.02. The van der Waals surface area contributed by atoms with Gasteiger partial charge in [0.05, 0.1) is 14.2 Å². The third-order valence-electron chi connectivity index (χ3n) is 0.760. The zero-order valence-electron chi connectivity index (χ0n) is 7.17. The highest BCUT2D eigenvalue weighted by molar-refractivity contribution is 8.02. The monoisotopic (exact) mass is 249 g/mol. The summed E-state index contributed by atoms with van der Waals surface area (Å²) in [4.78, 5) is 0. The quantitative estimate of drug-likeness (QED) is 0.583. The molecule has 0 rings (SSSR count). The Hall–Kier alpha value is 0.330. The second kappa shape index (κ2) is 6.74. The number of hydrogen-bond donors (Lipinski definition) is 0. The van der Waals surface area contributed by atoms with E-state index in [0.717, 1.165) is 14.2 Å². The lowest BCUT2D eigenvalue weighted by Crippen LogP contribution is -2.18. The van der Waals surface area contributed by atoms with Crippen molar-refractivity contribution in [1.82, 2.24) is 0 Å². The van der Waals surface area contributed by atoms with Gasteiger partial charge in [0, 0.05) is 33.2 Å². The predicted octanol–water partition coefficient (Wildman–Crippen LogP) is -0.636. The van der Waals surface area contributed by atoms with Crippen LogP contribution in [0.25, 0.3) is 0 Å². The van der Waals surface area contributed by atoms with Crippen LogP contribution in [0.2, 0.25) is 0 Å². The Balaban J connectivity index is 4.45. The van der Waals surface area contributed by atoms with Crippen molar-refractivity contribution in [3.8, 4) is 0 Å². The lowest BCUT2D eigenvalue weighted by Gasteiger charge is -2.24. The maximum atomic E-state index is 11.0. The highest BCUT2D eigenvalue weighted by Gasteiger charge is 2.11. The topological polar surface area (TPSA) is 78.9 Å². The average Bonchev–Trinajstić information content (AvgIpc) is 2.11. The Labute approximate surface area is 83.9 Å². The van der Waals surface area contributed by atoms with Crippen LogP contribution < -0.4 is 0 Å². The Kier molecular flexibility index (Phi) is 6.91. The number of hydrogen-bond acceptors (Lipinski definition) is 6. The predicted molar refractivity (Wildman–Crippen MR) is 48.7 cm³/mol. The van der Waals surface area contributed by atoms with Gasteiger partial charge in [-0.1, -0.05) is 0 Å². The summed E-state index contributed by atoms with van der Waals surface area (Å²) in [5.74, 6) is 0. The average molecular weight is 249 g/mol. The van der Waals surface area contributed by atoms with Gasteiger partial charge >= 0.3 is 0 Å². The van der Waals surface area contributed by atoms with Crippen LogP contribution in [-0.4, -0.2) is 33.1 Å². The van der Waals surface area contributed by atoms with E-state index >= 15 is 0 Å². The van der Waals surface area contributed by atoms with E-state index in [9.17, 15) is 12.6 Å². The van der Waals surface area contributed by atoms with E-state index < -0.39 is 38.0 Å². The summed E-state index contributed by atoms with van der Waals surface area (Å²) in [6.07, 6.45) is 1.19. The molecule has 0 aromatic heterocycles. The van der Waals surface area contributed by atoms with Gasteiger partial charge in [-0.2, -0.15) is 0 Å². The van der Waals surface area contributed by atoms with E-state index in [1.165, 1.54) is 6.26 Å². The third kappa shape index (κ3) is 4.93. The molecule has 9 heteroatoms. The minimum absolute atomic E-state index is 0.508. The molecule has 0 aromatic rings. The van der Waals surface area contributed by atoms with Gasteiger partial charge in [0.1, 0.15) is 11.1 Å². The Morgan fingerprint density at radius 3 is 1.62 bits per heavy atom. The maximum Gasteiger partial charge on any atom is 0.122 e. The molecule has 3 atom stereocenters. The Bertz CT molecular complexity index is 212. The minimum atomic E-state index is -2.04. The standard InChI is InChI=1S/C4H9O6S3/c1-8-12(6)4(10-11(3)5)13(7)9-2/h1-3H3/q-1. The fraction of sp³-hybridized carbons (Fsp3) is 0.750.